The van der Waals surface area contributed by atoms with Gasteiger partial charge >= 0.3 is 0 Å². The molecule has 0 spiro atoms. The van der Waals surface area contributed by atoms with Crippen molar-refractivity contribution in [2.75, 3.05) is 4.90 Å². The number of rotatable bonds is 3. The molecule has 0 amide bonds. The van der Waals surface area contributed by atoms with E-state index in [1.54, 1.807) is 0 Å². The minimum atomic E-state index is -0.100. The molecule has 7 aromatic carbocycles. The molecule has 0 saturated heterocycles. The van der Waals surface area contributed by atoms with Gasteiger partial charge in [0.25, 0.3) is 0 Å². The first-order valence-electron chi connectivity index (χ1n) is 16.9. The molecule has 10 rings (SSSR count). The average Bonchev–Trinajstić information content (AvgIpc) is 3.70. The van der Waals surface area contributed by atoms with Crippen molar-refractivity contribution in [1.82, 2.24) is 0 Å². The second-order valence-corrected chi connectivity index (χ2v) is 15.6. The third-order valence-electron chi connectivity index (χ3n) is 11.2. The summed E-state index contributed by atoms with van der Waals surface area (Å²) in [6.45, 7) is 9.51. The summed E-state index contributed by atoms with van der Waals surface area (Å²) in [5, 5.41) is 5.24. The van der Waals surface area contributed by atoms with Gasteiger partial charge < -0.3 is 4.90 Å². The van der Waals surface area contributed by atoms with E-state index in [4.69, 9.17) is 0 Å². The van der Waals surface area contributed by atoms with Crippen molar-refractivity contribution in [2.24, 2.45) is 0 Å². The zero-order chi connectivity index (χ0) is 32.4. The van der Waals surface area contributed by atoms with Crippen LogP contribution in [0.3, 0.4) is 0 Å². The summed E-state index contributed by atoms with van der Waals surface area (Å²) in [6.07, 6.45) is 0. The van der Waals surface area contributed by atoms with Crippen LogP contribution in [0, 0.1) is 0 Å². The highest BCUT2D eigenvalue weighted by molar-refractivity contribution is 7.26. The molecule has 1 heterocycles. The van der Waals surface area contributed by atoms with Crippen LogP contribution in [0.25, 0.3) is 53.2 Å². The van der Waals surface area contributed by atoms with Crippen molar-refractivity contribution in [3.63, 3.8) is 0 Å². The molecule has 230 valence electrons. The Balaban J connectivity index is 1.34. The van der Waals surface area contributed by atoms with E-state index >= 15 is 0 Å². The maximum Gasteiger partial charge on any atom is 0.0647 e. The van der Waals surface area contributed by atoms with Crippen molar-refractivity contribution in [3.8, 4) is 22.3 Å². The summed E-state index contributed by atoms with van der Waals surface area (Å²) in [5.41, 5.74) is 14.4. The molecule has 2 heteroatoms. The van der Waals surface area contributed by atoms with Crippen LogP contribution in [0.1, 0.15) is 49.9 Å². The highest BCUT2D eigenvalue weighted by Gasteiger charge is 2.39. The first-order valence-corrected chi connectivity index (χ1v) is 17.8. The van der Waals surface area contributed by atoms with Gasteiger partial charge in [-0.2, -0.15) is 0 Å². The minimum Gasteiger partial charge on any atom is -0.308 e. The molecule has 0 radical (unpaired) electrons. The van der Waals surface area contributed by atoms with Gasteiger partial charge in [-0.3, -0.25) is 0 Å². The Morgan fingerprint density at radius 1 is 0.479 bits per heavy atom. The third-order valence-corrected chi connectivity index (χ3v) is 12.4. The maximum atomic E-state index is 2.58. The first kappa shape index (κ1) is 27.9. The van der Waals surface area contributed by atoms with Crippen molar-refractivity contribution in [2.45, 2.75) is 38.5 Å². The smallest absolute Gasteiger partial charge is 0.0647 e. The average molecular weight is 634 g/mol. The second kappa shape index (κ2) is 9.69. The van der Waals surface area contributed by atoms with Crippen LogP contribution in [-0.4, -0.2) is 0 Å². The Labute approximate surface area is 285 Å². The standard InChI is InChI=1S/C46H35NS/c1-45(2)36-20-11-8-17-33(36)43-37(45)21-13-22-39(43)47(29-24-25-32-31-16-7-10-19-35(31)46(3,4)38(32)27-29)40-26-28-14-5-6-15-30(28)42-34-18-9-12-23-41(34)48-44(40)42/h5-27H,1-4H3. The summed E-state index contributed by atoms with van der Waals surface area (Å²) >= 11 is 1.91. The van der Waals surface area contributed by atoms with E-state index in [1.807, 2.05) is 11.3 Å². The number of fused-ring (bicyclic) bond motifs is 11. The van der Waals surface area contributed by atoms with E-state index < -0.39 is 0 Å². The maximum absolute atomic E-state index is 2.58. The van der Waals surface area contributed by atoms with Gasteiger partial charge in [0, 0.05) is 37.6 Å². The fourth-order valence-corrected chi connectivity index (χ4v) is 10.1. The summed E-state index contributed by atoms with van der Waals surface area (Å²) in [6, 6.07) is 52.4. The lowest BCUT2D eigenvalue weighted by atomic mass is 9.82. The molecule has 0 N–H and O–H groups in total. The Hall–Kier alpha value is -5.18. The van der Waals surface area contributed by atoms with Gasteiger partial charge in [-0.05, 0) is 80.0 Å². The number of hydrogen-bond donors (Lipinski definition) is 0. The zero-order valence-electron chi connectivity index (χ0n) is 27.6. The van der Waals surface area contributed by atoms with Gasteiger partial charge in [-0.25, -0.2) is 0 Å². The van der Waals surface area contributed by atoms with E-state index in [0.29, 0.717) is 0 Å². The van der Waals surface area contributed by atoms with Crippen LogP contribution in [-0.2, 0) is 10.8 Å². The predicted octanol–water partition coefficient (Wildman–Crippen LogP) is 13.3. The van der Waals surface area contributed by atoms with Gasteiger partial charge in [-0.1, -0.05) is 137 Å². The topological polar surface area (TPSA) is 3.24 Å². The molecule has 0 atom stereocenters. The number of hydrogen-bond acceptors (Lipinski definition) is 2. The van der Waals surface area contributed by atoms with E-state index in [9.17, 15) is 0 Å². The zero-order valence-corrected chi connectivity index (χ0v) is 28.5. The molecular formula is C46H35NS. The van der Waals surface area contributed by atoms with Crippen LogP contribution >= 0.6 is 11.3 Å². The van der Waals surface area contributed by atoms with E-state index in [0.717, 1.165) is 0 Å². The second-order valence-electron chi connectivity index (χ2n) is 14.5. The summed E-state index contributed by atoms with van der Waals surface area (Å²) in [7, 11) is 0. The molecule has 0 saturated carbocycles. The third kappa shape index (κ3) is 3.61. The van der Waals surface area contributed by atoms with Gasteiger partial charge in [0.2, 0.25) is 0 Å². The SMILES string of the molecule is CC1(C)c2ccccc2-c2ccc(N(c3cccc4c3-c3ccccc3C4(C)C)c3cc4ccccc4c4c3sc3ccccc34)cc21. The highest BCUT2D eigenvalue weighted by atomic mass is 32.1. The number of anilines is 3. The summed E-state index contributed by atoms with van der Waals surface area (Å²) in [4.78, 5) is 2.58. The molecule has 0 fully saturated rings. The lowest BCUT2D eigenvalue weighted by molar-refractivity contribution is 0.660. The van der Waals surface area contributed by atoms with Gasteiger partial charge in [0.1, 0.15) is 0 Å². The van der Waals surface area contributed by atoms with Crippen molar-refractivity contribution < 1.29 is 0 Å². The van der Waals surface area contributed by atoms with Crippen LogP contribution in [0.2, 0.25) is 0 Å². The number of thiophene rings is 1. The predicted molar refractivity (Wildman–Crippen MR) is 207 cm³/mol. The van der Waals surface area contributed by atoms with Crippen molar-refractivity contribution in [1.29, 1.82) is 0 Å². The van der Waals surface area contributed by atoms with E-state index in [1.165, 1.54) is 92.5 Å². The minimum absolute atomic E-state index is 0.0918. The van der Waals surface area contributed by atoms with E-state index in [-0.39, 0.29) is 10.8 Å². The molecule has 0 aliphatic heterocycles. The molecule has 1 aromatic heterocycles. The fraction of sp³-hybridized carbons (Fsp3) is 0.130. The van der Waals surface area contributed by atoms with Gasteiger partial charge in [-0.15, -0.1) is 11.3 Å². The van der Waals surface area contributed by atoms with Crippen LogP contribution in [0.4, 0.5) is 17.1 Å². The Morgan fingerprint density at radius 3 is 1.94 bits per heavy atom. The van der Waals surface area contributed by atoms with Crippen LogP contribution < -0.4 is 4.90 Å². The van der Waals surface area contributed by atoms with Crippen molar-refractivity contribution in [3.05, 3.63) is 162 Å². The largest absolute Gasteiger partial charge is 0.308 e. The molecular weight excluding hydrogens is 599 g/mol. The number of nitrogens with zero attached hydrogens (tertiary/aromatic N) is 1. The van der Waals surface area contributed by atoms with Gasteiger partial charge in [0.05, 0.1) is 16.1 Å². The lowest BCUT2D eigenvalue weighted by Gasteiger charge is -2.31. The quantitative estimate of drug-likeness (QED) is 0.187. The van der Waals surface area contributed by atoms with Crippen molar-refractivity contribution >= 4 is 59.3 Å². The molecule has 8 aromatic rings. The molecule has 1 nitrogen and oxygen atoms in total. The summed E-state index contributed by atoms with van der Waals surface area (Å²) in [5.74, 6) is 0. The molecule has 0 unspecified atom stereocenters. The van der Waals surface area contributed by atoms with Crippen LogP contribution in [0.5, 0.6) is 0 Å². The Bertz CT molecular complexity index is 2630. The lowest BCUT2D eigenvalue weighted by Crippen LogP contribution is -2.17. The first-order chi connectivity index (χ1) is 23.3. The molecule has 2 aliphatic rings. The normalized spacial score (nSPS) is 15.0. The van der Waals surface area contributed by atoms with Gasteiger partial charge in [0.15, 0.2) is 0 Å². The number of benzene rings is 7. The molecule has 2 aliphatic carbocycles. The summed E-state index contributed by atoms with van der Waals surface area (Å²) < 4.78 is 2.64. The Morgan fingerprint density at radius 2 is 1.10 bits per heavy atom. The van der Waals surface area contributed by atoms with Crippen LogP contribution in [0.15, 0.2) is 140 Å². The van der Waals surface area contributed by atoms with E-state index in [2.05, 4.69) is 172 Å². The monoisotopic (exact) mass is 633 g/mol. The fourth-order valence-electron chi connectivity index (χ4n) is 8.88. The Kier molecular flexibility index (Phi) is 5.63. The molecule has 48 heavy (non-hydrogen) atoms. The molecule has 0 bridgehead atoms. The highest BCUT2D eigenvalue weighted by Crippen LogP contribution is 2.57.